The average Bonchev–Trinajstić information content (AvgIpc) is 2.87. The molecule has 0 atom stereocenters. The molecule has 1 heterocycles. The van der Waals surface area contributed by atoms with Gasteiger partial charge in [0.1, 0.15) is 12.3 Å². The first kappa shape index (κ1) is 14.1. The van der Waals surface area contributed by atoms with Crippen LogP contribution in [-0.2, 0) is 17.9 Å². The number of nitrogens with zero attached hydrogens (tertiary/aromatic N) is 2. The van der Waals surface area contributed by atoms with Gasteiger partial charge in [0.2, 0.25) is 5.91 Å². The molecule has 20 heavy (non-hydrogen) atoms. The van der Waals surface area contributed by atoms with Gasteiger partial charge in [-0.15, -0.1) is 0 Å². The van der Waals surface area contributed by atoms with Crippen LogP contribution in [0.4, 0.5) is 5.69 Å². The van der Waals surface area contributed by atoms with Gasteiger partial charge in [0, 0.05) is 18.4 Å². The molecule has 0 radical (unpaired) electrons. The number of aromatic nitrogens is 2. The van der Waals surface area contributed by atoms with Crippen LogP contribution in [0.1, 0.15) is 5.69 Å². The van der Waals surface area contributed by atoms with Crippen molar-refractivity contribution in [3.63, 3.8) is 0 Å². The molecule has 0 spiro atoms. The van der Waals surface area contributed by atoms with Crippen LogP contribution in [-0.4, -0.2) is 29.6 Å². The van der Waals surface area contributed by atoms with Crippen LogP contribution in [0.15, 0.2) is 36.8 Å². The molecule has 0 aliphatic carbocycles. The van der Waals surface area contributed by atoms with Crippen LogP contribution in [0.25, 0.3) is 0 Å². The van der Waals surface area contributed by atoms with E-state index in [1.165, 1.54) is 0 Å². The molecule has 6 heteroatoms. The molecule has 1 aromatic carbocycles. The quantitative estimate of drug-likeness (QED) is 0.832. The van der Waals surface area contributed by atoms with Crippen LogP contribution in [0.2, 0.25) is 0 Å². The van der Waals surface area contributed by atoms with Gasteiger partial charge in [-0.05, 0) is 31.3 Å². The Balaban J connectivity index is 1.90. The normalized spacial score (nSPS) is 10.3. The van der Waals surface area contributed by atoms with Gasteiger partial charge in [0.15, 0.2) is 0 Å². The summed E-state index contributed by atoms with van der Waals surface area (Å²) in [6.45, 7) is 0.926. The number of methoxy groups -OCH3 is 1. The fourth-order valence-electron chi connectivity index (χ4n) is 1.81. The number of benzene rings is 1. The zero-order valence-electron chi connectivity index (χ0n) is 11.6. The van der Waals surface area contributed by atoms with E-state index in [1.807, 2.05) is 13.2 Å². The van der Waals surface area contributed by atoms with Gasteiger partial charge in [-0.1, -0.05) is 0 Å². The number of imidazole rings is 1. The average molecular weight is 274 g/mol. The fourth-order valence-corrected chi connectivity index (χ4v) is 1.81. The number of amides is 1. The molecule has 6 nitrogen and oxygen atoms in total. The molecule has 0 saturated heterocycles. The standard InChI is InChI=1S/C14H18N4O2/c1-15-7-12-8-18(10-16-12)9-14(19)17-11-3-5-13(20-2)6-4-11/h3-6,8,10,15H,7,9H2,1-2H3,(H,17,19). The van der Waals surface area contributed by atoms with Gasteiger partial charge in [0.05, 0.1) is 19.1 Å². The summed E-state index contributed by atoms with van der Waals surface area (Å²) in [6.07, 6.45) is 3.50. The highest BCUT2D eigenvalue weighted by molar-refractivity contribution is 5.90. The number of carbonyl (C=O) groups excluding carboxylic acids is 1. The van der Waals surface area contributed by atoms with Crippen molar-refractivity contribution in [3.8, 4) is 5.75 Å². The molecule has 0 bridgehead atoms. The van der Waals surface area contributed by atoms with Gasteiger partial charge >= 0.3 is 0 Å². The largest absolute Gasteiger partial charge is 0.497 e. The van der Waals surface area contributed by atoms with Crippen LogP contribution in [0, 0.1) is 0 Å². The number of carbonyl (C=O) groups is 1. The highest BCUT2D eigenvalue weighted by Gasteiger charge is 2.05. The van der Waals surface area contributed by atoms with Crippen LogP contribution in [0.3, 0.4) is 0 Å². The third kappa shape index (κ3) is 3.83. The lowest BCUT2D eigenvalue weighted by atomic mass is 10.3. The molecule has 0 aliphatic heterocycles. The van der Waals surface area contributed by atoms with Crippen LogP contribution < -0.4 is 15.4 Å². The summed E-state index contributed by atoms with van der Waals surface area (Å²) in [6, 6.07) is 7.21. The van der Waals surface area contributed by atoms with Crippen molar-refractivity contribution in [2.75, 3.05) is 19.5 Å². The number of anilines is 1. The lowest BCUT2D eigenvalue weighted by molar-refractivity contribution is -0.116. The van der Waals surface area contributed by atoms with Crippen molar-refractivity contribution >= 4 is 11.6 Å². The van der Waals surface area contributed by atoms with E-state index in [0.717, 1.165) is 17.1 Å². The molecule has 0 saturated carbocycles. The summed E-state index contributed by atoms with van der Waals surface area (Å²) < 4.78 is 6.82. The molecule has 0 unspecified atom stereocenters. The molecule has 2 rings (SSSR count). The van der Waals surface area contributed by atoms with Crippen molar-refractivity contribution in [1.82, 2.24) is 14.9 Å². The highest BCUT2D eigenvalue weighted by Crippen LogP contribution is 2.14. The van der Waals surface area contributed by atoms with Crippen molar-refractivity contribution in [2.24, 2.45) is 0 Å². The highest BCUT2D eigenvalue weighted by atomic mass is 16.5. The summed E-state index contributed by atoms with van der Waals surface area (Å²) in [5.41, 5.74) is 1.65. The molecular formula is C14H18N4O2. The second kappa shape index (κ2) is 6.72. The summed E-state index contributed by atoms with van der Waals surface area (Å²) in [7, 11) is 3.46. The molecular weight excluding hydrogens is 256 g/mol. The van der Waals surface area contributed by atoms with E-state index >= 15 is 0 Å². The van der Waals surface area contributed by atoms with Crippen LogP contribution in [0.5, 0.6) is 5.75 Å². The number of rotatable bonds is 6. The minimum atomic E-state index is -0.0939. The molecule has 1 amide bonds. The van der Waals surface area contributed by atoms with Gasteiger partial charge < -0.3 is 19.9 Å². The van der Waals surface area contributed by atoms with Crippen molar-refractivity contribution in [2.45, 2.75) is 13.1 Å². The number of hydrogen-bond acceptors (Lipinski definition) is 4. The van der Waals surface area contributed by atoms with Crippen molar-refractivity contribution in [1.29, 1.82) is 0 Å². The third-order valence-corrected chi connectivity index (χ3v) is 2.74. The second-order valence-corrected chi connectivity index (χ2v) is 4.34. The van der Waals surface area contributed by atoms with Crippen molar-refractivity contribution < 1.29 is 9.53 Å². The maximum Gasteiger partial charge on any atom is 0.244 e. The lowest BCUT2D eigenvalue weighted by Crippen LogP contribution is -2.17. The minimum absolute atomic E-state index is 0.0939. The Labute approximate surface area is 117 Å². The van der Waals surface area contributed by atoms with Gasteiger partial charge in [-0.3, -0.25) is 4.79 Å². The number of nitrogens with one attached hydrogen (secondary N) is 2. The van der Waals surface area contributed by atoms with Gasteiger partial charge in [-0.25, -0.2) is 4.98 Å². The zero-order chi connectivity index (χ0) is 14.4. The molecule has 1 aromatic heterocycles. The molecule has 2 N–H and O–H groups in total. The number of hydrogen-bond donors (Lipinski definition) is 2. The van der Waals surface area contributed by atoms with Crippen molar-refractivity contribution in [3.05, 3.63) is 42.5 Å². The lowest BCUT2D eigenvalue weighted by Gasteiger charge is -2.06. The summed E-state index contributed by atoms with van der Waals surface area (Å²) in [5, 5.41) is 5.84. The Morgan fingerprint density at radius 1 is 1.35 bits per heavy atom. The zero-order valence-corrected chi connectivity index (χ0v) is 11.6. The monoisotopic (exact) mass is 274 g/mol. The molecule has 0 aliphatic rings. The van der Waals surface area contributed by atoms with Crippen LogP contribution >= 0.6 is 0 Å². The maximum atomic E-state index is 11.9. The SMILES string of the molecule is CNCc1cn(CC(=O)Nc2ccc(OC)cc2)cn1. The summed E-state index contributed by atoms with van der Waals surface area (Å²) in [5.74, 6) is 0.665. The van der Waals surface area contributed by atoms with E-state index < -0.39 is 0 Å². The Kier molecular flexibility index (Phi) is 4.73. The first-order valence-corrected chi connectivity index (χ1v) is 6.30. The summed E-state index contributed by atoms with van der Waals surface area (Å²) in [4.78, 5) is 16.1. The first-order valence-electron chi connectivity index (χ1n) is 6.30. The fraction of sp³-hybridized carbons (Fsp3) is 0.286. The number of ether oxygens (including phenoxy) is 1. The topological polar surface area (TPSA) is 68.2 Å². The van der Waals surface area contributed by atoms with E-state index in [4.69, 9.17) is 4.74 Å². The predicted octanol–water partition coefficient (Wildman–Crippen LogP) is 1.25. The van der Waals surface area contributed by atoms with Gasteiger partial charge in [-0.2, -0.15) is 0 Å². The smallest absolute Gasteiger partial charge is 0.244 e. The first-order chi connectivity index (χ1) is 9.71. The van der Waals surface area contributed by atoms with E-state index in [9.17, 15) is 4.79 Å². The van der Waals surface area contributed by atoms with E-state index in [1.54, 1.807) is 42.3 Å². The Morgan fingerprint density at radius 2 is 2.10 bits per heavy atom. The Hall–Kier alpha value is -2.34. The molecule has 106 valence electrons. The second-order valence-electron chi connectivity index (χ2n) is 4.34. The molecule has 0 fully saturated rings. The summed E-state index contributed by atoms with van der Waals surface area (Å²) >= 11 is 0. The Bertz CT molecular complexity index is 563. The van der Waals surface area contributed by atoms with E-state index in [0.29, 0.717) is 6.54 Å². The van der Waals surface area contributed by atoms with Gasteiger partial charge in [0.25, 0.3) is 0 Å². The predicted molar refractivity (Wildman–Crippen MR) is 76.6 cm³/mol. The molecule has 2 aromatic rings. The van der Waals surface area contributed by atoms with E-state index in [-0.39, 0.29) is 12.5 Å². The Morgan fingerprint density at radius 3 is 2.75 bits per heavy atom. The minimum Gasteiger partial charge on any atom is -0.497 e. The van der Waals surface area contributed by atoms with E-state index in [2.05, 4.69) is 15.6 Å². The third-order valence-electron chi connectivity index (χ3n) is 2.74. The maximum absolute atomic E-state index is 11.9.